The van der Waals surface area contributed by atoms with Gasteiger partial charge in [0.15, 0.2) is 0 Å². The molecule has 7 nitrogen and oxygen atoms in total. The normalized spacial score (nSPS) is 12.2. The molecule has 3 aromatic carbocycles. The van der Waals surface area contributed by atoms with Crippen molar-refractivity contribution in [3.8, 4) is 0 Å². The highest BCUT2D eigenvalue weighted by molar-refractivity contribution is 7.93. The number of rotatable bonds is 8. The summed E-state index contributed by atoms with van der Waals surface area (Å²) in [5.41, 5.74) is -4.50. The number of nitrogens with zero attached hydrogens (tertiary/aromatic N) is 1. The van der Waals surface area contributed by atoms with Crippen molar-refractivity contribution in [2.24, 2.45) is 5.16 Å². The molecule has 0 saturated carbocycles. The molecule has 0 bridgehead atoms. The molecule has 0 radical (unpaired) electrons. The van der Waals surface area contributed by atoms with Gasteiger partial charge in [-0.3, -0.25) is 4.72 Å². The Bertz CT molecular complexity index is 1330. The van der Waals surface area contributed by atoms with Gasteiger partial charge in [-0.2, -0.15) is 21.6 Å². The van der Waals surface area contributed by atoms with Crippen LogP contribution in [0, 0.1) is 0 Å². The molecular weight excluding hydrogens is 509 g/mol. The molecule has 0 aliphatic heterocycles. The molecule has 0 fully saturated rings. The van der Waals surface area contributed by atoms with Crippen molar-refractivity contribution >= 4 is 39.0 Å². The maximum absolute atomic E-state index is 13.0. The third-order valence-corrected chi connectivity index (χ3v) is 5.93. The Labute approximate surface area is 204 Å². The number of nitrogens with one attached hydrogen (secondary N) is 1. The predicted octanol–water partition coefficient (Wildman–Crippen LogP) is 5.36. The van der Waals surface area contributed by atoms with Gasteiger partial charge in [0.25, 0.3) is 0 Å². The largest absolute Gasteiger partial charge is 0.516 e. The first-order valence-corrected chi connectivity index (χ1v) is 11.7. The number of ether oxygens (including phenoxy) is 1. The van der Waals surface area contributed by atoms with Gasteiger partial charge in [-0.25, -0.2) is 4.79 Å². The minimum Gasteiger partial charge on any atom is -0.465 e. The molecule has 0 amide bonds. The summed E-state index contributed by atoms with van der Waals surface area (Å²) in [7, 11) is -4.44. The second-order valence-electron chi connectivity index (χ2n) is 7.01. The van der Waals surface area contributed by atoms with Gasteiger partial charge in [0.2, 0.25) is 0 Å². The van der Waals surface area contributed by atoms with E-state index in [1.165, 1.54) is 31.4 Å². The number of methoxy groups -OCH3 is 1. The molecule has 0 aromatic heterocycles. The van der Waals surface area contributed by atoms with E-state index in [1.54, 1.807) is 47.2 Å². The molecule has 3 aromatic rings. The van der Waals surface area contributed by atoms with E-state index in [2.05, 4.69) is 9.89 Å². The summed E-state index contributed by atoms with van der Waals surface area (Å²) in [5.74, 6) is -0.503. The lowest BCUT2D eigenvalue weighted by molar-refractivity contribution is -0.0429. The predicted molar refractivity (Wildman–Crippen MR) is 125 cm³/mol. The molecule has 0 atom stereocenters. The maximum Gasteiger partial charge on any atom is 0.516 e. The van der Waals surface area contributed by atoms with Crippen molar-refractivity contribution in [2.75, 3.05) is 11.8 Å². The third kappa shape index (κ3) is 6.52. The Balaban J connectivity index is 1.97. The number of oxime groups is 1. The van der Waals surface area contributed by atoms with Crippen LogP contribution >= 0.6 is 11.6 Å². The van der Waals surface area contributed by atoms with E-state index in [9.17, 15) is 26.4 Å². The Kier molecular flexibility index (Phi) is 8.03. The van der Waals surface area contributed by atoms with Crippen molar-refractivity contribution in [1.29, 1.82) is 0 Å². The number of carbonyl (C=O) groups excluding carboxylic acids is 1. The number of esters is 1. The van der Waals surface area contributed by atoms with Gasteiger partial charge in [-0.05, 0) is 35.9 Å². The second kappa shape index (κ2) is 10.8. The van der Waals surface area contributed by atoms with Crippen LogP contribution in [0.5, 0.6) is 0 Å². The topological polar surface area (TPSA) is 94.1 Å². The average Bonchev–Trinajstić information content (AvgIpc) is 2.83. The number of anilines is 1. The molecule has 12 heteroatoms. The number of benzene rings is 3. The molecule has 35 heavy (non-hydrogen) atoms. The van der Waals surface area contributed by atoms with Gasteiger partial charge in [0.05, 0.1) is 18.4 Å². The molecule has 184 valence electrons. The quantitative estimate of drug-likeness (QED) is 0.242. The fraction of sp³-hybridized carbons (Fsp3) is 0.130. The van der Waals surface area contributed by atoms with Crippen LogP contribution in [0.3, 0.4) is 0 Å². The Morgan fingerprint density at radius 1 is 1.00 bits per heavy atom. The van der Waals surface area contributed by atoms with Crippen LogP contribution in [0.2, 0.25) is 5.02 Å². The molecule has 0 spiro atoms. The van der Waals surface area contributed by atoms with Gasteiger partial charge >= 0.3 is 21.5 Å². The fourth-order valence-corrected chi connectivity index (χ4v) is 3.64. The van der Waals surface area contributed by atoms with Gasteiger partial charge in [-0.15, -0.1) is 0 Å². The number of sulfonamides is 1. The summed E-state index contributed by atoms with van der Waals surface area (Å²) < 4.78 is 68.6. The zero-order valence-corrected chi connectivity index (χ0v) is 19.6. The van der Waals surface area contributed by atoms with Gasteiger partial charge in [0.1, 0.15) is 12.3 Å². The third-order valence-electron chi connectivity index (χ3n) is 4.60. The van der Waals surface area contributed by atoms with Gasteiger partial charge in [-0.1, -0.05) is 59.2 Å². The van der Waals surface area contributed by atoms with Crippen molar-refractivity contribution in [1.82, 2.24) is 0 Å². The Morgan fingerprint density at radius 3 is 2.26 bits per heavy atom. The highest BCUT2D eigenvalue weighted by atomic mass is 35.5. The lowest BCUT2D eigenvalue weighted by atomic mass is 10.0. The number of carbonyl (C=O) groups is 1. The Hall–Kier alpha value is -3.57. The first-order chi connectivity index (χ1) is 16.5. The second-order valence-corrected chi connectivity index (χ2v) is 9.12. The van der Waals surface area contributed by atoms with E-state index in [-0.39, 0.29) is 28.6 Å². The molecular formula is C23H18ClF3N2O5S. The van der Waals surface area contributed by atoms with Crippen LogP contribution in [0.25, 0.3) is 0 Å². The van der Waals surface area contributed by atoms with Gasteiger partial charge in [0, 0.05) is 16.1 Å². The molecule has 0 heterocycles. The molecule has 0 aliphatic carbocycles. The van der Waals surface area contributed by atoms with Crippen LogP contribution in [-0.2, 0) is 26.2 Å². The first-order valence-electron chi connectivity index (χ1n) is 9.83. The van der Waals surface area contributed by atoms with E-state index in [1.807, 2.05) is 0 Å². The van der Waals surface area contributed by atoms with Crippen LogP contribution in [0.15, 0.2) is 78.0 Å². The van der Waals surface area contributed by atoms with Crippen molar-refractivity contribution < 1.29 is 36.0 Å². The minimum atomic E-state index is -5.71. The summed E-state index contributed by atoms with van der Waals surface area (Å²) in [4.78, 5) is 17.0. The van der Waals surface area contributed by atoms with Crippen LogP contribution in [0.4, 0.5) is 18.9 Å². The Morgan fingerprint density at radius 2 is 1.66 bits per heavy atom. The highest BCUT2D eigenvalue weighted by Crippen LogP contribution is 2.30. The lowest BCUT2D eigenvalue weighted by Crippen LogP contribution is -2.30. The number of halogens is 4. The number of hydrogen-bond acceptors (Lipinski definition) is 6. The first kappa shape index (κ1) is 26.0. The molecule has 0 aliphatic rings. The monoisotopic (exact) mass is 526 g/mol. The minimum absolute atomic E-state index is 0.0300. The number of alkyl halides is 3. The highest BCUT2D eigenvalue weighted by Gasteiger charge is 2.46. The molecule has 1 N–H and O–H groups in total. The summed E-state index contributed by atoms with van der Waals surface area (Å²) in [6.45, 7) is -0.0536. The van der Waals surface area contributed by atoms with E-state index < -0.39 is 21.5 Å². The lowest BCUT2D eigenvalue weighted by Gasteiger charge is -2.16. The molecule has 0 saturated heterocycles. The van der Waals surface area contributed by atoms with Crippen molar-refractivity contribution in [2.45, 2.75) is 12.1 Å². The summed E-state index contributed by atoms with van der Waals surface area (Å²) >= 11 is 6.06. The zero-order valence-electron chi connectivity index (χ0n) is 18.0. The van der Waals surface area contributed by atoms with Crippen molar-refractivity contribution in [3.63, 3.8) is 0 Å². The average molecular weight is 527 g/mol. The van der Waals surface area contributed by atoms with Crippen LogP contribution in [0.1, 0.15) is 27.0 Å². The van der Waals surface area contributed by atoms with E-state index in [0.29, 0.717) is 16.7 Å². The smallest absolute Gasteiger partial charge is 0.465 e. The fourth-order valence-electron chi connectivity index (χ4n) is 2.88. The molecule has 3 rings (SSSR count). The SMILES string of the molecule is COC(=O)c1ccc(CO/N=C(\c2ccccc2)c2cc(Cl)ccc2NS(=O)(=O)C(F)(F)F)cc1. The summed E-state index contributed by atoms with van der Waals surface area (Å²) in [5, 5.41) is 4.21. The van der Waals surface area contributed by atoms with Crippen molar-refractivity contribution in [3.05, 3.63) is 100 Å². The maximum atomic E-state index is 13.0. The van der Waals surface area contributed by atoms with Crippen LogP contribution < -0.4 is 4.72 Å². The molecule has 0 unspecified atom stereocenters. The van der Waals surface area contributed by atoms with Gasteiger partial charge < -0.3 is 9.57 Å². The summed E-state index contributed by atoms with van der Waals surface area (Å²) in [6, 6.07) is 18.2. The van der Waals surface area contributed by atoms with Crippen LogP contribution in [-0.4, -0.2) is 32.7 Å². The van der Waals surface area contributed by atoms with E-state index in [4.69, 9.17) is 16.4 Å². The van der Waals surface area contributed by atoms with E-state index >= 15 is 0 Å². The standard InChI is InChI=1S/C23H18ClF3N2O5S/c1-33-22(30)17-9-7-15(8-10-17)14-34-28-21(16-5-3-2-4-6-16)19-13-18(24)11-12-20(19)29-35(31,32)23(25,26)27/h2-13,29H,14H2,1H3/b28-21+. The zero-order chi connectivity index (χ0) is 25.6. The number of hydrogen-bond donors (Lipinski definition) is 1. The summed E-state index contributed by atoms with van der Waals surface area (Å²) in [6.07, 6.45) is 0. The van der Waals surface area contributed by atoms with E-state index in [0.717, 1.165) is 6.07 Å².